The summed E-state index contributed by atoms with van der Waals surface area (Å²) in [6.45, 7) is 0. The van der Waals surface area contributed by atoms with Crippen LogP contribution in [0.5, 0.6) is 5.75 Å². The molecule has 5 heteroatoms. The number of nitrogens with two attached hydrogens (primary N) is 1. The van der Waals surface area contributed by atoms with Gasteiger partial charge in [-0.1, -0.05) is 12.1 Å². The Morgan fingerprint density at radius 2 is 1.93 bits per heavy atom. The minimum atomic E-state index is -0.873. The van der Waals surface area contributed by atoms with Crippen molar-refractivity contribution in [2.75, 3.05) is 0 Å². The monoisotopic (exact) mass is 207 g/mol. The Bertz CT molecular complexity index is 359. The van der Waals surface area contributed by atoms with Crippen molar-refractivity contribution in [2.45, 2.75) is 6.42 Å². The van der Waals surface area contributed by atoms with Crippen molar-refractivity contribution >= 4 is 11.9 Å². The summed E-state index contributed by atoms with van der Waals surface area (Å²) in [5.74, 6) is -0.365. The van der Waals surface area contributed by atoms with E-state index in [-0.39, 0.29) is 5.75 Å². The minimum absolute atomic E-state index is 0.167. The highest BCUT2D eigenvalue weighted by Gasteiger charge is 2.04. The maximum atomic E-state index is 11.0. The van der Waals surface area contributed by atoms with Crippen molar-refractivity contribution in [1.29, 1.82) is 0 Å². The lowest BCUT2D eigenvalue weighted by atomic mass is 10.1. The van der Waals surface area contributed by atoms with Crippen LogP contribution in [0.1, 0.15) is 5.56 Å². The number of carbonyl (C=O) groups is 2. The van der Waals surface area contributed by atoms with Gasteiger partial charge in [0, 0.05) is 0 Å². The average molecular weight is 207 g/mol. The Kier molecular flexibility index (Phi) is 3.68. The van der Waals surface area contributed by atoms with Crippen molar-refractivity contribution in [3.63, 3.8) is 0 Å². The number of urea groups is 1. The molecule has 0 fully saturated rings. The Morgan fingerprint density at radius 3 is 2.47 bits per heavy atom. The first-order valence-electron chi connectivity index (χ1n) is 4.29. The topological polar surface area (TPSA) is 92.4 Å². The van der Waals surface area contributed by atoms with Crippen LogP contribution in [0.4, 0.5) is 4.79 Å². The van der Waals surface area contributed by atoms with Gasteiger partial charge in [0.2, 0.25) is 5.91 Å². The molecule has 0 aliphatic heterocycles. The Labute approximate surface area is 86.9 Å². The first-order valence-corrected chi connectivity index (χ1v) is 4.29. The van der Waals surface area contributed by atoms with Gasteiger partial charge in [-0.05, 0) is 24.1 Å². The van der Waals surface area contributed by atoms with Crippen molar-refractivity contribution in [2.24, 2.45) is 5.73 Å². The van der Waals surface area contributed by atoms with E-state index in [2.05, 4.69) is 0 Å². The number of phenols is 1. The number of imide groups is 1. The van der Waals surface area contributed by atoms with E-state index >= 15 is 0 Å². The van der Waals surface area contributed by atoms with Crippen LogP contribution in [0.15, 0.2) is 24.3 Å². The van der Waals surface area contributed by atoms with E-state index in [0.717, 1.165) is 5.56 Å². The van der Waals surface area contributed by atoms with Crippen molar-refractivity contribution < 1.29 is 14.7 Å². The zero-order chi connectivity index (χ0) is 11.3. The minimum Gasteiger partial charge on any atom is -0.508 e. The summed E-state index contributed by atoms with van der Waals surface area (Å²) >= 11 is 0. The molecule has 0 bridgehead atoms. The number of phenolic OH excluding ortho intramolecular Hbond substituents is 1. The average Bonchev–Trinajstić information content (AvgIpc) is 2.16. The van der Waals surface area contributed by atoms with E-state index in [1.807, 2.05) is 5.32 Å². The second-order valence-corrected chi connectivity index (χ2v) is 2.93. The maximum absolute atomic E-state index is 11.0. The molecule has 0 heterocycles. The molecule has 0 atom stereocenters. The summed E-state index contributed by atoms with van der Waals surface area (Å²) in [6, 6.07) is 5.54. The molecule has 5 nitrogen and oxygen atoms in total. The fourth-order valence-electron chi connectivity index (χ4n) is 1.02. The molecule has 0 aliphatic rings. The lowest BCUT2D eigenvalue weighted by Gasteiger charge is -2.01. The van der Waals surface area contributed by atoms with Crippen molar-refractivity contribution in [3.8, 4) is 5.75 Å². The van der Waals surface area contributed by atoms with Gasteiger partial charge in [-0.2, -0.15) is 0 Å². The summed E-state index contributed by atoms with van der Waals surface area (Å²) < 4.78 is 0. The Hall–Kier alpha value is -2.04. The van der Waals surface area contributed by atoms with Gasteiger partial charge in [-0.25, -0.2) is 4.79 Å². The molecule has 79 valence electrons. The van der Waals surface area contributed by atoms with Gasteiger partial charge >= 0.3 is 6.03 Å². The van der Waals surface area contributed by atoms with Gasteiger partial charge in [0.15, 0.2) is 0 Å². The fourth-order valence-corrected chi connectivity index (χ4v) is 1.02. The van der Waals surface area contributed by atoms with Crippen LogP contribution in [0.2, 0.25) is 0 Å². The van der Waals surface area contributed by atoms with Gasteiger partial charge < -0.3 is 10.8 Å². The third kappa shape index (κ3) is 4.12. The van der Waals surface area contributed by atoms with Crippen LogP contribution in [-0.4, -0.2) is 17.0 Å². The van der Waals surface area contributed by atoms with E-state index in [0.29, 0.717) is 6.42 Å². The zero-order valence-electron chi connectivity index (χ0n) is 7.93. The first kappa shape index (κ1) is 11.0. The molecule has 3 amide bonds. The van der Waals surface area contributed by atoms with Crippen LogP contribution < -0.4 is 11.1 Å². The zero-order valence-corrected chi connectivity index (χ0v) is 7.93. The highest BCUT2D eigenvalue weighted by Crippen LogP contribution is 2.10. The van der Waals surface area contributed by atoms with Gasteiger partial charge in [-0.3, -0.25) is 10.1 Å². The molecule has 1 aromatic carbocycles. The highest BCUT2D eigenvalue weighted by molar-refractivity contribution is 5.98. The number of hydrogen-bond donors (Lipinski definition) is 3. The van der Waals surface area contributed by atoms with E-state index in [9.17, 15) is 9.59 Å². The largest absolute Gasteiger partial charge is 0.508 e. The molecule has 1 rings (SSSR count). The number of primary amides is 1. The third-order valence-electron chi connectivity index (χ3n) is 1.71. The summed E-state index contributed by atoms with van der Waals surface area (Å²) in [6.07, 6.45) is 1.68. The fraction of sp³-hybridized carbons (Fsp3) is 0.100. The van der Waals surface area contributed by atoms with Gasteiger partial charge in [0.05, 0.1) is 6.42 Å². The van der Waals surface area contributed by atoms with E-state index < -0.39 is 11.9 Å². The van der Waals surface area contributed by atoms with Gasteiger partial charge in [0.25, 0.3) is 0 Å². The van der Waals surface area contributed by atoms with E-state index in [4.69, 9.17) is 10.8 Å². The molecule has 15 heavy (non-hydrogen) atoms. The molecular formula is C10H11N2O3. The van der Waals surface area contributed by atoms with Crippen LogP contribution >= 0.6 is 0 Å². The summed E-state index contributed by atoms with van der Waals surface area (Å²) in [7, 11) is 0. The first-order chi connectivity index (χ1) is 7.08. The Balaban J connectivity index is 2.40. The number of hydrogen-bond acceptors (Lipinski definition) is 3. The summed E-state index contributed by atoms with van der Waals surface area (Å²) in [4.78, 5) is 21.3. The number of aromatic hydroxyl groups is 1. The normalized spacial score (nSPS) is 9.60. The molecule has 1 radical (unpaired) electrons. The highest BCUT2D eigenvalue weighted by atomic mass is 16.3. The molecular weight excluding hydrogens is 196 g/mol. The van der Waals surface area contributed by atoms with Crippen LogP contribution in [0.3, 0.4) is 0 Å². The van der Waals surface area contributed by atoms with E-state index in [1.165, 1.54) is 18.6 Å². The predicted molar refractivity (Wildman–Crippen MR) is 53.8 cm³/mol. The third-order valence-corrected chi connectivity index (χ3v) is 1.71. The lowest BCUT2D eigenvalue weighted by molar-refractivity contribution is -0.116. The molecule has 0 aromatic heterocycles. The SMILES string of the molecule is NC(=O)NC(=O)[CH]Cc1ccc(O)cc1. The number of rotatable bonds is 3. The maximum Gasteiger partial charge on any atom is 0.318 e. The van der Waals surface area contributed by atoms with Gasteiger partial charge in [-0.15, -0.1) is 0 Å². The van der Waals surface area contributed by atoms with Crippen LogP contribution in [0.25, 0.3) is 0 Å². The quantitative estimate of drug-likeness (QED) is 0.667. The number of amides is 3. The molecule has 0 saturated carbocycles. The second kappa shape index (κ2) is 4.99. The molecule has 0 spiro atoms. The van der Waals surface area contributed by atoms with Crippen LogP contribution in [-0.2, 0) is 11.2 Å². The van der Waals surface area contributed by atoms with E-state index in [1.54, 1.807) is 12.1 Å². The van der Waals surface area contributed by atoms with Crippen molar-refractivity contribution in [3.05, 3.63) is 36.2 Å². The Morgan fingerprint density at radius 1 is 1.33 bits per heavy atom. The standard InChI is InChI=1S/C10H11N2O3/c11-10(15)12-9(14)6-3-7-1-4-8(13)5-2-7/h1-2,4-6,13H,3H2,(H3,11,12,14,15). The number of carbonyl (C=O) groups excluding carboxylic acids is 2. The van der Waals surface area contributed by atoms with Crippen LogP contribution in [0, 0.1) is 6.42 Å². The number of nitrogens with one attached hydrogen (secondary N) is 1. The number of benzene rings is 1. The molecule has 0 aliphatic carbocycles. The molecule has 4 N–H and O–H groups in total. The smallest absolute Gasteiger partial charge is 0.318 e. The second-order valence-electron chi connectivity index (χ2n) is 2.93. The lowest BCUT2D eigenvalue weighted by Crippen LogP contribution is -2.35. The summed E-state index contributed by atoms with van der Waals surface area (Å²) in [5.41, 5.74) is 5.61. The van der Waals surface area contributed by atoms with Gasteiger partial charge in [0.1, 0.15) is 5.75 Å². The molecule has 0 saturated heterocycles. The molecule has 0 unspecified atom stereocenters. The molecule has 1 aromatic rings. The van der Waals surface area contributed by atoms with Crippen molar-refractivity contribution in [1.82, 2.24) is 5.32 Å². The predicted octanol–water partition coefficient (Wildman–Crippen LogP) is 0.334. The summed E-state index contributed by atoms with van der Waals surface area (Å²) in [5, 5.41) is 10.9.